The van der Waals surface area contributed by atoms with E-state index in [-0.39, 0.29) is 6.04 Å². The number of nitrogens with one attached hydrogen (secondary N) is 1. The van der Waals surface area contributed by atoms with Gasteiger partial charge in [-0.1, -0.05) is 44.2 Å². The molecule has 1 aromatic heterocycles. The van der Waals surface area contributed by atoms with Gasteiger partial charge in [0.1, 0.15) is 0 Å². The quantitative estimate of drug-likeness (QED) is 0.851. The van der Waals surface area contributed by atoms with Crippen LogP contribution in [0.1, 0.15) is 19.9 Å². The highest BCUT2D eigenvalue weighted by atomic mass is 32.1. The lowest BCUT2D eigenvalue weighted by Crippen LogP contribution is -2.21. The van der Waals surface area contributed by atoms with Crippen molar-refractivity contribution in [1.82, 2.24) is 14.8 Å². The minimum absolute atomic E-state index is 0.173. The molecule has 0 bridgehead atoms. The van der Waals surface area contributed by atoms with Gasteiger partial charge in [-0.2, -0.15) is 5.10 Å². The van der Waals surface area contributed by atoms with Crippen molar-refractivity contribution in [2.24, 2.45) is 5.92 Å². The zero-order valence-electron chi connectivity index (χ0n) is 11.5. The summed E-state index contributed by atoms with van der Waals surface area (Å²) in [4.78, 5) is 0. The summed E-state index contributed by atoms with van der Waals surface area (Å²) < 4.78 is 8.01. The van der Waals surface area contributed by atoms with Gasteiger partial charge in [0.05, 0.1) is 12.6 Å². The van der Waals surface area contributed by atoms with Crippen LogP contribution in [0.4, 0.5) is 0 Å². The predicted octanol–water partition coefficient (Wildman–Crippen LogP) is 3.45. The van der Waals surface area contributed by atoms with Crippen LogP contribution >= 0.6 is 12.2 Å². The SMILES string of the molecule is COCC(C(C)C)n1c(-c2ccccc2)n[nH]c1=S. The van der Waals surface area contributed by atoms with Gasteiger partial charge in [0.15, 0.2) is 10.6 Å². The zero-order chi connectivity index (χ0) is 13.8. The summed E-state index contributed by atoms with van der Waals surface area (Å²) in [6.45, 7) is 4.94. The molecule has 0 aliphatic rings. The molecule has 0 amide bonds. The number of hydrogen-bond donors (Lipinski definition) is 1. The lowest BCUT2D eigenvalue weighted by Gasteiger charge is -2.23. The van der Waals surface area contributed by atoms with Crippen LogP contribution in [0.15, 0.2) is 30.3 Å². The third-order valence-electron chi connectivity index (χ3n) is 3.18. The van der Waals surface area contributed by atoms with Crippen molar-refractivity contribution in [3.63, 3.8) is 0 Å². The molecule has 1 atom stereocenters. The van der Waals surface area contributed by atoms with E-state index in [0.717, 1.165) is 11.4 Å². The first kappa shape index (κ1) is 14.0. The third-order valence-corrected chi connectivity index (χ3v) is 3.46. The van der Waals surface area contributed by atoms with E-state index in [2.05, 4.69) is 28.6 Å². The molecule has 0 saturated carbocycles. The van der Waals surface area contributed by atoms with Gasteiger partial charge >= 0.3 is 0 Å². The van der Waals surface area contributed by atoms with Crippen molar-refractivity contribution in [2.45, 2.75) is 19.9 Å². The Morgan fingerprint density at radius 3 is 2.58 bits per heavy atom. The summed E-state index contributed by atoms with van der Waals surface area (Å²) in [6.07, 6.45) is 0. The minimum Gasteiger partial charge on any atom is -0.383 e. The number of hydrogen-bond acceptors (Lipinski definition) is 3. The monoisotopic (exact) mass is 277 g/mol. The molecule has 0 saturated heterocycles. The Balaban J connectivity index is 2.51. The first-order valence-electron chi connectivity index (χ1n) is 6.36. The first-order valence-corrected chi connectivity index (χ1v) is 6.77. The van der Waals surface area contributed by atoms with E-state index in [9.17, 15) is 0 Å². The van der Waals surface area contributed by atoms with Crippen LogP contribution in [0.5, 0.6) is 0 Å². The second-order valence-corrected chi connectivity index (χ2v) is 5.24. The van der Waals surface area contributed by atoms with Crippen molar-refractivity contribution in [3.8, 4) is 11.4 Å². The van der Waals surface area contributed by atoms with Crippen molar-refractivity contribution >= 4 is 12.2 Å². The highest BCUT2D eigenvalue weighted by Crippen LogP contribution is 2.25. The Labute approximate surface area is 118 Å². The van der Waals surface area contributed by atoms with Crippen LogP contribution in [-0.4, -0.2) is 28.5 Å². The number of H-pyrrole nitrogens is 1. The molecule has 0 aliphatic carbocycles. The molecule has 1 N–H and O–H groups in total. The van der Waals surface area contributed by atoms with Gasteiger partial charge in [-0.25, -0.2) is 0 Å². The van der Waals surface area contributed by atoms with Gasteiger partial charge in [0.25, 0.3) is 0 Å². The van der Waals surface area contributed by atoms with Crippen LogP contribution in [-0.2, 0) is 4.74 Å². The van der Waals surface area contributed by atoms with E-state index >= 15 is 0 Å². The van der Waals surface area contributed by atoms with E-state index in [4.69, 9.17) is 17.0 Å². The lowest BCUT2D eigenvalue weighted by molar-refractivity contribution is 0.133. The highest BCUT2D eigenvalue weighted by molar-refractivity contribution is 7.71. The average Bonchev–Trinajstić information content (AvgIpc) is 2.78. The number of aromatic nitrogens is 3. The Bertz CT molecular complexity index is 574. The van der Waals surface area contributed by atoms with Crippen molar-refractivity contribution in [2.75, 3.05) is 13.7 Å². The maximum atomic E-state index is 5.37. The number of benzene rings is 1. The molecule has 2 aromatic rings. The Kier molecular flexibility index (Phi) is 4.50. The topological polar surface area (TPSA) is 42.8 Å². The van der Waals surface area contributed by atoms with Gasteiger partial charge in [-0.3, -0.25) is 9.67 Å². The highest BCUT2D eigenvalue weighted by Gasteiger charge is 2.21. The lowest BCUT2D eigenvalue weighted by atomic mass is 10.0. The van der Waals surface area contributed by atoms with Crippen molar-refractivity contribution in [3.05, 3.63) is 35.1 Å². The molecule has 19 heavy (non-hydrogen) atoms. The van der Waals surface area contributed by atoms with Gasteiger partial charge in [-0.05, 0) is 18.1 Å². The van der Waals surface area contributed by atoms with Crippen molar-refractivity contribution in [1.29, 1.82) is 0 Å². The summed E-state index contributed by atoms with van der Waals surface area (Å²) >= 11 is 5.37. The first-order chi connectivity index (χ1) is 9.15. The molecule has 1 aromatic carbocycles. The molecular formula is C14H19N3OS. The van der Waals surface area contributed by atoms with Crippen LogP contribution in [0.3, 0.4) is 0 Å². The van der Waals surface area contributed by atoms with E-state index in [1.807, 2.05) is 30.3 Å². The Morgan fingerprint density at radius 1 is 1.32 bits per heavy atom. The fourth-order valence-corrected chi connectivity index (χ4v) is 2.41. The summed E-state index contributed by atoms with van der Waals surface area (Å²) in [5.41, 5.74) is 1.05. The van der Waals surface area contributed by atoms with Crippen LogP contribution in [0, 0.1) is 10.7 Å². The van der Waals surface area contributed by atoms with E-state index in [0.29, 0.717) is 17.3 Å². The largest absolute Gasteiger partial charge is 0.383 e. The summed E-state index contributed by atoms with van der Waals surface area (Å²) in [7, 11) is 1.71. The van der Waals surface area contributed by atoms with E-state index in [1.54, 1.807) is 7.11 Å². The molecule has 1 heterocycles. The smallest absolute Gasteiger partial charge is 0.195 e. The normalized spacial score (nSPS) is 12.8. The zero-order valence-corrected chi connectivity index (χ0v) is 12.3. The summed E-state index contributed by atoms with van der Waals surface area (Å²) in [5, 5.41) is 7.25. The molecule has 1 unspecified atom stereocenters. The van der Waals surface area contributed by atoms with E-state index in [1.165, 1.54) is 0 Å². The molecule has 102 valence electrons. The van der Waals surface area contributed by atoms with Gasteiger partial charge in [0.2, 0.25) is 0 Å². The predicted molar refractivity (Wildman–Crippen MR) is 78.6 cm³/mol. The fourth-order valence-electron chi connectivity index (χ4n) is 2.14. The Morgan fingerprint density at radius 2 is 2.00 bits per heavy atom. The molecule has 5 heteroatoms. The number of methoxy groups -OCH3 is 1. The summed E-state index contributed by atoms with van der Waals surface area (Å²) in [6, 6.07) is 10.2. The number of ether oxygens (including phenoxy) is 1. The number of rotatable bonds is 5. The second-order valence-electron chi connectivity index (χ2n) is 4.86. The number of aromatic amines is 1. The Hall–Kier alpha value is -1.46. The number of nitrogens with zero attached hydrogens (tertiary/aromatic N) is 2. The minimum atomic E-state index is 0.173. The summed E-state index contributed by atoms with van der Waals surface area (Å²) in [5.74, 6) is 1.27. The van der Waals surface area contributed by atoms with Crippen LogP contribution < -0.4 is 0 Å². The molecule has 0 spiro atoms. The molecule has 0 radical (unpaired) electrons. The third kappa shape index (κ3) is 2.93. The van der Waals surface area contributed by atoms with Gasteiger partial charge in [-0.15, -0.1) is 0 Å². The molecule has 2 rings (SSSR count). The van der Waals surface area contributed by atoms with Gasteiger partial charge in [0, 0.05) is 12.7 Å². The average molecular weight is 277 g/mol. The second kappa shape index (κ2) is 6.12. The molecule has 0 fully saturated rings. The standard InChI is InChI=1S/C14H19N3OS/c1-10(2)12(9-18-3)17-13(15-16-14(17)19)11-7-5-4-6-8-11/h4-8,10,12H,9H2,1-3H3,(H,16,19). The van der Waals surface area contributed by atoms with Crippen LogP contribution in [0.25, 0.3) is 11.4 Å². The van der Waals surface area contributed by atoms with Crippen molar-refractivity contribution < 1.29 is 4.74 Å². The molecule has 4 nitrogen and oxygen atoms in total. The van der Waals surface area contributed by atoms with Gasteiger partial charge < -0.3 is 4.74 Å². The molecular weight excluding hydrogens is 258 g/mol. The van der Waals surface area contributed by atoms with Crippen LogP contribution in [0.2, 0.25) is 0 Å². The fraction of sp³-hybridized carbons (Fsp3) is 0.429. The molecule has 0 aliphatic heterocycles. The van der Waals surface area contributed by atoms with E-state index < -0.39 is 0 Å². The maximum Gasteiger partial charge on any atom is 0.195 e. The maximum absolute atomic E-state index is 5.37.